The highest BCUT2D eigenvalue weighted by Gasteiger charge is 2.21. The van der Waals surface area contributed by atoms with Gasteiger partial charge in [-0.15, -0.1) is 4.36 Å². The van der Waals surface area contributed by atoms with Crippen LogP contribution in [-0.4, -0.2) is 43.4 Å². The maximum absolute atomic E-state index is 12.5. The van der Waals surface area contributed by atoms with Crippen molar-refractivity contribution >= 4 is 32.9 Å². The molecule has 1 unspecified atom stereocenters. The lowest BCUT2D eigenvalue weighted by Crippen LogP contribution is -2.31. The molecule has 0 aliphatic rings. The van der Waals surface area contributed by atoms with Crippen LogP contribution in [-0.2, 0) is 14.5 Å². The molecule has 0 aliphatic heterocycles. The largest absolute Gasteiger partial charge is 0.308 e. The third-order valence-electron chi connectivity index (χ3n) is 3.40. The lowest BCUT2D eigenvalue weighted by molar-refractivity contribution is -0.118. The van der Waals surface area contributed by atoms with Crippen LogP contribution in [0.5, 0.6) is 0 Å². The molecule has 1 amide bonds. The first kappa shape index (κ1) is 18.9. The molecule has 0 N–H and O–H groups in total. The molecule has 25 heavy (non-hydrogen) atoms. The quantitative estimate of drug-likeness (QED) is 0.714. The number of amides is 1. The summed E-state index contributed by atoms with van der Waals surface area (Å²) in [7, 11) is -2.69. The maximum atomic E-state index is 12.5. The lowest BCUT2D eigenvalue weighted by atomic mass is 10.3. The second-order valence-corrected chi connectivity index (χ2v) is 8.07. The molecule has 2 aromatic rings. The average Bonchev–Trinajstić information content (AvgIpc) is 2.96. The molecule has 0 bridgehead atoms. The molecule has 0 saturated heterocycles. The van der Waals surface area contributed by atoms with E-state index in [4.69, 9.17) is 16.9 Å². The number of nitrogens with zero attached hydrogens (tertiary/aromatic N) is 6. The predicted molar refractivity (Wildman–Crippen MR) is 96.0 cm³/mol. The van der Waals surface area contributed by atoms with Crippen LogP contribution in [0, 0.1) is 11.5 Å². The van der Waals surface area contributed by atoms with Gasteiger partial charge >= 0.3 is 0 Å². The van der Waals surface area contributed by atoms with Gasteiger partial charge < -0.3 is 4.90 Å². The van der Waals surface area contributed by atoms with Gasteiger partial charge in [0.25, 0.3) is 0 Å². The van der Waals surface area contributed by atoms with E-state index in [0.717, 1.165) is 0 Å². The Labute approximate surface area is 151 Å². The smallest absolute Gasteiger partial charge is 0.228 e. The zero-order valence-corrected chi connectivity index (χ0v) is 15.4. The highest BCUT2D eigenvalue weighted by Crippen LogP contribution is 2.26. The van der Waals surface area contributed by atoms with Crippen LogP contribution < -0.4 is 4.90 Å². The Hall–Kier alpha value is -2.44. The van der Waals surface area contributed by atoms with E-state index in [1.54, 1.807) is 31.6 Å². The topological polar surface area (TPSA) is 104 Å². The zero-order chi connectivity index (χ0) is 18.4. The normalized spacial score (nSPS) is 12.9. The van der Waals surface area contributed by atoms with Crippen LogP contribution >= 0.6 is 11.6 Å². The fourth-order valence-electron chi connectivity index (χ4n) is 2.17. The third kappa shape index (κ3) is 4.78. The van der Waals surface area contributed by atoms with Gasteiger partial charge in [0.05, 0.1) is 27.8 Å². The van der Waals surface area contributed by atoms with E-state index in [0.29, 0.717) is 17.9 Å². The summed E-state index contributed by atoms with van der Waals surface area (Å²) in [6.45, 7) is 2.18. The molecule has 0 saturated carbocycles. The van der Waals surface area contributed by atoms with Gasteiger partial charge in [-0.3, -0.25) is 9.78 Å². The number of carbonyl (C=O) groups is 1. The number of pyridine rings is 1. The van der Waals surface area contributed by atoms with E-state index >= 15 is 0 Å². The Kier molecular flexibility index (Phi) is 6.12. The summed E-state index contributed by atoms with van der Waals surface area (Å²) < 4.78 is 16.9. The predicted octanol–water partition coefficient (Wildman–Crippen LogP) is 2.24. The first-order chi connectivity index (χ1) is 11.9. The Morgan fingerprint density at radius 1 is 1.56 bits per heavy atom. The Morgan fingerprint density at radius 2 is 2.32 bits per heavy atom. The molecule has 2 heterocycles. The van der Waals surface area contributed by atoms with Crippen molar-refractivity contribution in [3.8, 4) is 11.9 Å². The molecule has 10 heteroatoms. The molecular formula is C15H17ClN6O2S. The highest BCUT2D eigenvalue weighted by molar-refractivity contribution is 7.93. The minimum absolute atomic E-state index is 0.00422. The molecule has 132 valence electrons. The molecule has 0 aromatic carbocycles. The SMILES string of the molecule is CCN(C(=O)CCS(C)(=O)=NC#N)c1cn(-c2cccnc2)nc1Cl. The van der Waals surface area contributed by atoms with Gasteiger partial charge in [0.2, 0.25) is 12.1 Å². The number of carbonyl (C=O) groups excluding carboxylic acids is 1. The maximum Gasteiger partial charge on any atom is 0.228 e. The van der Waals surface area contributed by atoms with Gasteiger partial charge in [-0.25, -0.2) is 8.89 Å². The first-order valence-corrected chi connectivity index (χ1v) is 9.89. The number of hydrogen-bond donors (Lipinski definition) is 0. The monoisotopic (exact) mass is 380 g/mol. The summed E-state index contributed by atoms with van der Waals surface area (Å²) >= 11 is 6.19. The summed E-state index contributed by atoms with van der Waals surface area (Å²) in [5.41, 5.74) is 1.17. The molecule has 2 rings (SSSR count). The van der Waals surface area contributed by atoms with Gasteiger partial charge in [-0.2, -0.15) is 10.4 Å². The molecule has 2 aromatic heterocycles. The fourth-order valence-corrected chi connectivity index (χ4v) is 3.22. The fraction of sp³-hybridized carbons (Fsp3) is 0.333. The van der Waals surface area contributed by atoms with E-state index in [2.05, 4.69) is 14.4 Å². The summed E-state index contributed by atoms with van der Waals surface area (Å²) in [5.74, 6) is -0.262. The number of hydrogen-bond acceptors (Lipinski definition) is 6. The highest BCUT2D eigenvalue weighted by atomic mass is 35.5. The van der Waals surface area contributed by atoms with Crippen molar-refractivity contribution in [1.82, 2.24) is 14.8 Å². The molecular weight excluding hydrogens is 364 g/mol. The van der Waals surface area contributed by atoms with Crippen molar-refractivity contribution in [2.75, 3.05) is 23.5 Å². The second-order valence-electron chi connectivity index (χ2n) is 5.20. The van der Waals surface area contributed by atoms with Crippen LogP contribution in [0.15, 0.2) is 35.1 Å². The van der Waals surface area contributed by atoms with Crippen molar-refractivity contribution in [3.63, 3.8) is 0 Å². The second kappa shape index (κ2) is 8.09. The molecule has 0 aliphatic carbocycles. The molecule has 8 nitrogen and oxygen atoms in total. The van der Waals surface area contributed by atoms with Crippen molar-refractivity contribution in [3.05, 3.63) is 35.9 Å². The first-order valence-electron chi connectivity index (χ1n) is 7.42. The van der Waals surface area contributed by atoms with E-state index in [-0.39, 0.29) is 23.2 Å². The van der Waals surface area contributed by atoms with E-state index < -0.39 is 9.73 Å². The molecule has 0 radical (unpaired) electrons. The summed E-state index contributed by atoms with van der Waals surface area (Å²) in [6.07, 6.45) is 7.78. The van der Waals surface area contributed by atoms with Crippen molar-refractivity contribution in [1.29, 1.82) is 5.26 Å². The van der Waals surface area contributed by atoms with Crippen LogP contribution in [0.1, 0.15) is 13.3 Å². The summed E-state index contributed by atoms with van der Waals surface area (Å²) in [4.78, 5) is 18.0. The van der Waals surface area contributed by atoms with E-state index in [9.17, 15) is 9.00 Å². The average molecular weight is 381 g/mol. The van der Waals surface area contributed by atoms with Crippen molar-refractivity contribution < 1.29 is 9.00 Å². The number of rotatable bonds is 6. The van der Waals surface area contributed by atoms with E-state index in [1.165, 1.54) is 22.0 Å². The molecule has 0 spiro atoms. The minimum atomic E-state index is -2.69. The number of halogens is 1. The van der Waals surface area contributed by atoms with Gasteiger partial charge in [0, 0.05) is 31.2 Å². The third-order valence-corrected chi connectivity index (χ3v) is 5.10. The minimum Gasteiger partial charge on any atom is -0.308 e. The van der Waals surface area contributed by atoms with Crippen molar-refractivity contribution in [2.45, 2.75) is 13.3 Å². The standard InChI is InChI=1S/C15H17ClN6O2S/c1-3-21(14(23)6-8-25(2,24)19-11-17)13-10-22(20-15(13)16)12-5-4-7-18-9-12/h4-5,7,9-10H,3,6,8H2,1-2H3. The van der Waals surface area contributed by atoms with Gasteiger partial charge in [0.1, 0.15) is 5.69 Å². The number of anilines is 1. The van der Waals surface area contributed by atoms with Crippen LogP contribution in [0.2, 0.25) is 5.15 Å². The Morgan fingerprint density at radius 3 is 2.92 bits per heavy atom. The van der Waals surface area contributed by atoms with Crippen molar-refractivity contribution in [2.24, 2.45) is 4.36 Å². The van der Waals surface area contributed by atoms with Gasteiger partial charge in [0.15, 0.2) is 5.15 Å². The van der Waals surface area contributed by atoms with Crippen LogP contribution in [0.3, 0.4) is 0 Å². The van der Waals surface area contributed by atoms with Crippen LogP contribution in [0.4, 0.5) is 5.69 Å². The Balaban J connectivity index is 2.22. The molecule has 0 fully saturated rings. The Bertz CT molecular complexity index is 912. The van der Waals surface area contributed by atoms with Crippen LogP contribution in [0.25, 0.3) is 5.69 Å². The number of nitriles is 1. The zero-order valence-electron chi connectivity index (χ0n) is 13.8. The summed E-state index contributed by atoms with van der Waals surface area (Å²) in [5, 5.41) is 12.9. The van der Waals surface area contributed by atoms with Gasteiger partial charge in [-0.1, -0.05) is 11.6 Å². The summed E-state index contributed by atoms with van der Waals surface area (Å²) in [6, 6.07) is 3.58. The van der Waals surface area contributed by atoms with E-state index in [1.807, 2.05) is 6.07 Å². The number of aromatic nitrogens is 3. The molecule has 1 atom stereocenters. The van der Waals surface area contributed by atoms with Gasteiger partial charge in [-0.05, 0) is 19.1 Å². The lowest BCUT2D eigenvalue weighted by Gasteiger charge is -2.19.